The molecule has 1 fully saturated rings. The van der Waals surface area contributed by atoms with E-state index in [9.17, 15) is 14.4 Å². The van der Waals surface area contributed by atoms with E-state index in [0.29, 0.717) is 53.1 Å². The number of rotatable bonds is 6. The number of halogens is 1. The van der Waals surface area contributed by atoms with Gasteiger partial charge in [0.1, 0.15) is 6.33 Å². The molecule has 8 heteroatoms. The van der Waals surface area contributed by atoms with Crippen LogP contribution in [0.2, 0.25) is 5.02 Å². The summed E-state index contributed by atoms with van der Waals surface area (Å²) >= 11 is 6.02. The van der Waals surface area contributed by atoms with E-state index < -0.39 is 0 Å². The summed E-state index contributed by atoms with van der Waals surface area (Å²) in [6.45, 7) is 1.93. The number of hydrogen-bond donors (Lipinski definition) is 1. The quantitative estimate of drug-likeness (QED) is 0.617. The fraction of sp³-hybridized carbons (Fsp3) is 0.273. The smallest absolute Gasteiger partial charge is 0.265 e. The lowest BCUT2D eigenvalue weighted by Crippen LogP contribution is -2.30. The number of aromatic nitrogens is 2. The molecule has 1 N–H and O–H groups in total. The second-order valence-corrected chi connectivity index (χ2v) is 7.66. The van der Waals surface area contributed by atoms with Crippen molar-refractivity contribution in [2.24, 2.45) is 0 Å². The molecule has 2 heterocycles. The van der Waals surface area contributed by atoms with Crippen LogP contribution in [0.1, 0.15) is 29.6 Å². The molecule has 3 aromatic rings. The fourth-order valence-corrected chi connectivity index (χ4v) is 3.77. The molecule has 0 aliphatic carbocycles. The van der Waals surface area contributed by atoms with E-state index >= 15 is 0 Å². The van der Waals surface area contributed by atoms with Crippen LogP contribution < -0.4 is 10.9 Å². The van der Waals surface area contributed by atoms with E-state index in [2.05, 4.69) is 10.3 Å². The van der Waals surface area contributed by atoms with Crippen molar-refractivity contribution in [2.75, 3.05) is 19.6 Å². The van der Waals surface area contributed by atoms with Gasteiger partial charge in [-0.15, -0.1) is 0 Å². The fourth-order valence-electron chi connectivity index (χ4n) is 3.59. The molecule has 0 saturated carbocycles. The number of carbonyl (C=O) groups excluding carboxylic acids is 2. The highest BCUT2D eigenvalue weighted by Crippen LogP contribution is 2.15. The first-order valence-electron chi connectivity index (χ1n) is 9.86. The summed E-state index contributed by atoms with van der Waals surface area (Å²) < 4.78 is 1.42. The lowest BCUT2D eigenvalue weighted by molar-refractivity contribution is -0.127. The van der Waals surface area contributed by atoms with E-state index in [1.165, 1.54) is 10.9 Å². The first kappa shape index (κ1) is 20.1. The van der Waals surface area contributed by atoms with Gasteiger partial charge in [0, 0.05) is 36.6 Å². The summed E-state index contributed by atoms with van der Waals surface area (Å²) in [5.74, 6) is -0.0455. The predicted octanol–water partition coefficient (Wildman–Crippen LogP) is 2.78. The first-order valence-corrected chi connectivity index (χ1v) is 10.2. The summed E-state index contributed by atoms with van der Waals surface area (Å²) in [7, 11) is 0. The zero-order valence-corrected chi connectivity index (χ0v) is 17.1. The molecule has 154 valence electrons. The predicted molar refractivity (Wildman–Crippen MR) is 115 cm³/mol. The van der Waals surface area contributed by atoms with Crippen molar-refractivity contribution < 1.29 is 9.59 Å². The number of benzene rings is 2. The number of carbonyl (C=O) groups is 2. The topological polar surface area (TPSA) is 84.3 Å². The summed E-state index contributed by atoms with van der Waals surface area (Å²) in [4.78, 5) is 43.1. The van der Waals surface area contributed by atoms with Gasteiger partial charge in [0.25, 0.3) is 11.5 Å². The maximum Gasteiger partial charge on any atom is 0.265 e. The van der Waals surface area contributed by atoms with Crippen LogP contribution in [-0.4, -0.2) is 45.9 Å². The van der Waals surface area contributed by atoms with Crippen LogP contribution in [-0.2, 0) is 4.79 Å². The molecule has 0 spiro atoms. The highest BCUT2D eigenvalue weighted by Gasteiger charge is 2.19. The third-order valence-corrected chi connectivity index (χ3v) is 5.40. The number of hydrogen-bond acceptors (Lipinski definition) is 4. The third kappa shape index (κ3) is 4.21. The minimum atomic E-state index is -0.232. The molecule has 0 bridgehead atoms. The van der Waals surface area contributed by atoms with Gasteiger partial charge in [-0.25, -0.2) is 4.98 Å². The van der Waals surface area contributed by atoms with Crippen molar-refractivity contribution >= 4 is 34.3 Å². The second kappa shape index (κ2) is 8.67. The molecule has 30 heavy (non-hydrogen) atoms. The number of amides is 2. The molecule has 1 aliphatic heterocycles. The molecule has 1 aliphatic rings. The van der Waals surface area contributed by atoms with Crippen LogP contribution in [0.5, 0.6) is 0 Å². The molecule has 0 atom stereocenters. The van der Waals surface area contributed by atoms with Crippen LogP contribution in [0.15, 0.2) is 53.6 Å². The Morgan fingerprint density at radius 1 is 1.17 bits per heavy atom. The van der Waals surface area contributed by atoms with E-state index in [1.54, 1.807) is 42.5 Å². The number of fused-ring (bicyclic) bond motifs is 1. The van der Waals surface area contributed by atoms with Gasteiger partial charge in [-0.3, -0.25) is 19.0 Å². The average Bonchev–Trinajstić information content (AvgIpc) is 3.15. The van der Waals surface area contributed by atoms with E-state index in [4.69, 9.17) is 11.6 Å². The van der Waals surface area contributed by atoms with Gasteiger partial charge < -0.3 is 10.2 Å². The van der Waals surface area contributed by atoms with E-state index in [0.717, 1.165) is 13.0 Å². The molecule has 0 radical (unpaired) electrons. The zero-order chi connectivity index (χ0) is 21.1. The Labute approximate surface area is 178 Å². The van der Waals surface area contributed by atoms with Gasteiger partial charge in [-0.1, -0.05) is 17.7 Å². The van der Waals surface area contributed by atoms with Crippen molar-refractivity contribution in [3.63, 3.8) is 0 Å². The zero-order valence-electron chi connectivity index (χ0n) is 16.3. The van der Waals surface area contributed by atoms with E-state index in [-0.39, 0.29) is 17.4 Å². The molecule has 0 unspecified atom stereocenters. The number of nitrogens with one attached hydrogen (secondary N) is 1. The summed E-state index contributed by atoms with van der Waals surface area (Å²) in [6.07, 6.45) is 3.67. The highest BCUT2D eigenvalue weighted by atomic mass is 35.5. The molecule has 4 rings (SSSR count). The van der Waals surface area contributed by atoms with Gasteiger partial charge in [0.05, 0.1) is 16.6 Å². The Morgan fingerprint density at radius 3 is 2.80 bits per heavy atom. The molecular formula is C22H21ClN4O3. The molecular weight excluding hydrogens is 404 g/mol. The van der Waals surface area contributed by atoms with E-state index in [1.807, 2.05) is 4.90 Å². The maximum absolute atomic E-state index is 12.8. The van der Waals surface area contributed by atoms with Crippen molar-refractivity contribution in [3.05, 3.63) is 69.7 Å². The largest absolute Gasteiger partial charge is 0.352 e. The van der Waals surface area contributed by atoms with Gasteiger partial charge in [0.2, 0.25) is 5.91 Å². The normalized spacial score (nSPS) is 13.8. The van der Waals surface area contributed by atoms with Crippen LogP contribution in [0.4, 0.5) is 0 Å². The van der Waals surface area contributed by atoms with Crippen molar-refractivity contribution in [1.29, 1.82) is 0 Å². The Balaban J connectivity index is 1.45. The minimum absolute atomic E-state index is 0.186. The van der Waals surface area contributed by atoms with Gasteiger partial charge in [0.15, 0.2) is 0 Å². The summed E-state index contributed by atoms with van der Waals surface area (Å²) in [5.41, 5.74) is 1.28. The van der Waals surface area contributed by atoms with Crippen molar-refractivity contribution in [3.8, 4) is 5.69 Å². The number of nitrogens with zero attached hydrogens (tertiary/aromatic N) is 3. The first-order chi connectivity index (χ1) is 14.5. The van der Waals surface area contributed by atoms with Gasteiger partial charge in [-0.05, 0) is 49.2 Å². The molecule has 2 aromatic carbocycles. The third-order valence-electron chi connectivity index (χ3n) is 5.17. The van der Waals surface area contributed by atoms with Crippen LogP contribution in [0.3, 0.4) is 0 Å². The van der Waals surface area contributed by atoms with Crippen molar-refractivity contribution in [2.45, 2.75) is 19.3 Å². The van der Waals surface area contributed by atoms with Crippen LogP contribution >= 0.6 is 11.6 Å². The molecule has 2 amide bonds. The standard InChI is InChI=1S/C22H21ClN4O3/c23-16-4-1-5-17(13-16)27-14-25-19-12-15(7-8-18(19)22(27)30)21(29)24-9-3-11-26-10-2-6-20(26)28/h1,4-5,7-8,12-14H,2-3,6,9-11H2,(H,24,29). The lowest BCUT2D eigenvalue weighted by Gasteiger charge is -2.15. The molecule has 1 aromatic heterocycles. The average molecular weight is 425 g/mol. The minimum Gasteiger partial charge on any atom is -0.352 e. The Kier molecular flexibility index (Phi) is 5.81. The molecule has 7 nitrogen and oxygen atoms in total. The van der Waals surface area contributed by atoms with Crippen LogP contribution in [0.25, 0.3) is 16.6 Å². The Morgan fingerprint density at radius 2 is 2.03 bits per heavy atom. The van der Waals surface area contributed by atoms with Crippen LogP contribution in [0, 0.1) is 0 Å². The monoisotopic (exact) mass is 424 g/mol. The number of likely N-dealkylation sites (tertiary alicyclic amines) is 1. The van der Waals surface area contributed by atoms with Crippen molar-refractivity contribution in [1.82, 2.24) is 19.8 Å². The second-order valence-electron chi connectivity index (χ2n) is 7.23. The highest BCUT2D eigenvalue weighted by molar-refractivity contribution is 6.30. The SMILES string of the molecule is O=C(NCCCN1CCCC1=O)c1ccc2c(=O)n(-c3cccc(Cl)c3)cnc2c1. The lowest BCUT2D eigenvalue weighted by atomic mass is 10.1. The van der Waals surface area contributed by atoms with Gasteiger partial charge in [-0.2, -0.15) is 0 Å². The molecule has 1 saturated heterocycles. The summed E-state index contributed by atoms with van der Waals surface area (Å²) in [6, 6.07) is 11.8. The maximum atomic E-state index is 12.8. The summed E-state index contributed by atoms with van der Waals surface area (Å²) in [5, 5.41) is 3.80. The van der Waals surface area contributed by atoms with Gasteiger partial charge >= 0.3 is 0 Å². The Hall–Kier alpha value is -3.19. The Bertz CT molecular complexity index is 1170.